The molecule has 0 saturated heterocycles. The zero-order chi connectivity index (χ0) is 22.7. The number of nitrogens with one attached hydrogen (secondary N) is 1. The normalized spacial score (nSPS) is 13.5. The zero-order valence-electron chi connectivity index (χ0n) is 19.1. The average Bonchev–Trinajstić information content (AvgIpc) is 3.62. The van der Waals surface area contributed by atoms with Gasteiger partial charge in [-0.25, -0.2) is 0 Å². The second kappa shape index (κ2) is 9.57. The summed E-state index contributed by atoms with van der Waals surface area (Å²) < 4.78 is 7.54. The fourth-order valence-corrected chi connectivity index (χ4v) is 3.84. The Morgan fingerprint density at radius 2 is 1.91 bits per heavy atom. The maximum absolute atomic E-state index is 13.4. The van der Waals surface area contributed by atoms with E-state index in [1.54, 1.807) is 16.8 Å². The highest BCUT2D eigenvalue weighted by molar-refractivity contribution is 5.95. The third-order valence-corrected chi connectivity index (χ3v) is 6.09. The van der Waals surface area contributed by atoms with Crippen LogP contribution in [0.1, 0.15) is 42.6 Å². The Kier molecular flexibility index (Phi) is 6.61. The molecule has 1 saturated carbocycles. The van der Waals surface area contributed by atoms with E-state index in [2.05, 4.69) is 24.1 Å². The number of likely N-dealkylation sites (N-methyl/N-ethyl adjacent to an activating group) is 1. The maximum Gasteiger partial charge on any atom is 0.263 e. The van der Waals surface area contributed by atoms with E-state index in [0.29, 0.717) is 29.0 Å². The Morgan fingerprint density at radius 1 is 1.12 bits per heavy atom. The van der Waals surface area contributed by atoms with Crippen LogP contribution in [0.4, 0.5) is 0 Å². The first-order chi connectivity index (χ1) is 15.5. The summed E-state index contributed by atoms with van der Waals surface area (Å²) in [6, 6.07) is 13.3. The van der Waals surface area contributed by atoms with Gasteiger partial charge in [-0.1, -0.05) is 26.0 Å². The van der Waals surface area contributed by atoms with Gasteiger partial charge in [0.05, 0.1) is 11.1 Å². The number of aryl methyl sites for hydroxylation is 1. The molecular weight excluding hydrogens is 402 g/mol. The number of carbonyl (C=O) groups excluding carboxylic acids is 1. The first-order valence-electron chi connectivity index (χ1n) is 11.4. The number of carbonyl (C=O) groups is 1. The fraction of sp³-hybridized carbons (Fsp3) is 0.385. The van der Waals surface area contributed by atoms with Crippen molar-refractivity contribution in [2.45, 2.75) is 39.7 Å². The monoisotopic (exact) mass is 433 g/mol. The second-order valence-corrected chi connectivity index (χ2v) is 8.36. The van der Waals surface area contributed by atoms with E-state index < -0.39 is 0 Å². The predicted octanol–water partition coefficient (Wildman–Crippen LogP) is 3.91. The van der Waals surface area contributed by atoms with Crippen LogP contribution in [0.25, 0.3) is 16.5 Å². The quantitative estimate of drug-likeness (QED) is 0.556. The van der Waals surface area contributed by atoms with Gasteiger partial charge >= 0.3 is 0 Å². The lowest BCUT2D eigenvalue weighted by molar-refractivity contribution is 0.0951. The summed E-state index contributed by atoms with van der Waals surface area (Å²) in [5.74, 6) is 0.597. The van der Waals surface area contributed by atoms with E-state index in [9.17, 15) is 9.59 Å². The van der Waals surface area contributed by atoms with Crippen LogP contribution < -0.4 is 15.6 Å². The number of hydrogen-bond donors (Lipinski definition) is 1. The zero-order valence-corrected chi connectivity index (χ0v) is 19.1. The summed E-state index contributed by atoms with van der Waals surface area (Å²) in [4.78, 5) is 28.2. The van der Waals surface area contributed by atoms with Gasteiger partial charge < -0.3 is 15.0 Å². The molecule has 1 fully saturated rings. The van der Waals surface area contributed by atoms with Crippen molar-refractivity contribution in [1.82, 2.24) is 14.8 Å². The van der Waals surface area contributed by atoms with E-state index in [0.717, 1.165) is 43.4 Å². The van der Waals surface area contributed by atoms with E-state index in [1.807, 2.05) is 43.3 Å². The molecule has 3 aromatic rings. The summed E-state index contributed by atoms with van der Waals surface area (Å²) in [6.07, 6.45) is 3.85. The fourth-order valence-electron chi connectivity index (χ4n) is 3.84. The smallest absolute Gasteiger partial charge is 0.263 e. The lowest BCUT2D eigenvalue weighted by Crippen LogP contribution is -2.27. The number of ether oxygens (including phenoxy) is 1. The molecule has 1 heterocycles. The van der Waals surface area contributed by atoms with Gasteiger partial charge in [0.1, 0.15) is 12.4 Å². The third kappa shape index (κ3) is 4.86. The second-order valence-electron chi connectivity index (χ2n) is 8.36. The maximum atomic E-state index is 13.4. The molecule has 1 aliphatic rings. The van der Waals surface area contributed by atoms with Crippen LogP contribution in [0.3, 0.4) is 0 Å². The average molecular weight is 434 g/mol. The highest BCUT2D eigenvalue weighted by Crippen LogP contribution is 2.22. The van der Waals surface area contributed by atoms with Crippen molar-refractivity contribution < 1.29 is 9.53 Å². The molecule has 1 N–H and O–H groups in total. The van der Waals surface area contributed by atoms with Crippen LogP contribution >= 0.6 is 0 Å². The Bertz CT molecular complexity index is 1180. The molecule has 0 spiro atoms. The Labute approximate surface area is 188 Å². The minimum atomic E-state index is -0.125. The molecular formula is C26H31N3O3. The van der Waals surface area contributed by atoms with E-state index in [4.69, 9.17) is 4.74 Å². The third-order valence-electron chi connectivity index (χ3n) is 6.09. The molecule has 0 atom stereocenters. The van der Waals surface area contributed by atoms with E-state index >= 15 is 0 Å². The van der Waals surface area contributed by atoms with Gasteiger partial charge in [0.2, 0.25) is 0 Å². The number of aromatic nitrogens is 1. The molecule has 0 unspecified atom stereocenters. The molecule has 2 aromatic carbocycles. The molecule has 0 bridgehead atoms. The van der Waals surface area contributed by atoms with E-state index in [1.165, 1.54) is 0 Å². The lowest BCUT2D eigenvalue weighted by atomic mass is 10.1. The molecule has 1 amide bonds. The van der Waals surface area contributed by atoms with Gasteiger partial charge in [-0.3, -0.25) is 14.2 Å². The molecule has 0 radical (unpaired) electrons. The molecule has 6 nitrogen and oxygen atoms in total. The molecule has 6 heteroatoms. The first kappa shape index (κ1) is 22.1. The van der Waals surface area contributed by atoms with E-state index in [-0.39, 0.29) is 17.5 Å². The molecule has 0 aliphatic heterocycles. The largest absolute Gasteiger partial charge is 0.492 e. The highest BCUT2D eigenvalue weighted by atomic mass is 16.5. The molecule has 1 aromatic heterocycles. The first-order valence-corrected chi connectivity index (χ1v) is 11.4. The number of hydrogen-bond acceptors (Lipinski definition) is 4. The summed E-state index contributed by atoms with van der Waals surface area (Å²) in [6.45, 7) is 9.60. The van der Waals surface area contributed by atoms with Crippen LogP contribution in [0.2, 0.25) is 0 Å². The van der Waals surface area contributed by atoms with Gasteiger partial charge in [-0.2, -0.15) is 0 Å². The molecule has 32 heavy (non-hydrogen) atoms. The van der Waals surface area contributed by atoms with Crippen molar-refractivity contribution in [3.05, 3.63) is 70.1 Å². The summed E-state index contributed by atoms with van der Waals surface area (Å²) in [7, 11) is 0. The van der Waals surface area contributed by atoms with Gasteiger partial charge in [0.15, 0.2) is 0 Å². The van der Waals surface area contributed by atoms with Crippen LogP contribution in [-0.4, -0.2) is 47.7 Å². The van der Waals surface area contributed by atoms with Crippen molar-refractivity contribution >= 4 is 16.7 Å². The number of pyridine rings is 1. The Morgan fingerprint density at radius 3 is 2.62 bits per heavy atom. The van der Waals surface area contributed by atoms with Crippen molar-refractivity contribution in [3.63, 3.8) is 0 Å². The van der Waals surface area contributed by atoms with Gasteiger partial charge in [-0.15, -0.1) is 0 Å². The minimum Gasteiger partial charge on any atom is -0.492 e. The summed E-state index contributed by atoms with van der Waals surface area (Å²) >= 11 is 0. The summed E-state index contributed by atoms with van der Waals surface area (Å²) in [5, 5.41) is 4.47. The van der Waals surface area contributed by atoms with Crippen molar-refractivity contribution in [1.29, 1.82) is 0 Å². The molecule has 168 valence electrons. The van der Waals surface area contributed by atoms with Crippen LogP contribution in [0.5, 0.6) is 5.75 Å². The van der Waals surface area contributed by atoms with Gasteiger partial charge in [-0.05, 0) is 74.1 Å². The van der Waals surface area contributed by atoms with Crippen molar-refractivity contribution in [2.75, 3.05) is 26.2 Å². The predicted molar refractivity (Wildman–Crippen MR) is 128 cm³/mol. The Balaban J connectivity index is 1.62. The molecule has 4 rings (SSSR count). The number of benzene rings is 2. The Hall–Kier alpha value is -3.12. The topological polar surface area (TPSA) is 63.6 Å². The van der Waals surface area contributed by atoms with Gasteiger partial charge in [0.25, 0.3) is 11.5 Å². The number of rotatable bonds is 9. The standard InChI is InChI=1S/C26H31N3O3/c1-4-28(5-2)14-15-32-22-11-8-19-12-13-29(26(31)23(19)17-22)24-16-20(7-6-18(24)3)25(30)27-21-9-10-21/h6-8,11-13,16-17,21H,4-5,9-10,14-15H2,1-3H3,(H,27,30). The van der Waals surface area contributed by atoms with Crippen LogP contribution in [0.15, 0.2) is 53.5 Å². The lowest BCUT2D eigenvalue weighted by Gasteiger charge is -2.18. The summed E-state index contributed by atoms with van der Waals surface area (Å²) in [5.41, 5.74) is 2.09. The van der Waals surface area contributed by atoms with Crippen LogP contribution in [0, 0.1) is 6.92 Å². The number of fused-ring (bicyclic) bond motifs is 1. The SMILES string of the molecule is CCN(CC)CCOc1ccc2ccn(-c3cc(C(=O)NC4CC4)ccc3C)c(=O)c2c1. The van der Waals surface area contributed by atoms with Crippen molar-refractivity contribution in [2.24, 2.45) is 0 Å². The number of amides is 1. The highest BCUT2D eigenvalue weighted by Gasteiger charge is 2.24. The molecule has 1 aliphatic carbocycles. The van der Waals surface area contributed by atoms with Crippen molar-refractivity contribution in [3.8, 4) is 11.4 Å². The van der Waals surface area contributed by atoms with Crippen LogP contribution in [-0.2, 0) is 0 Å². The number of nitrogens with zero attached hydrogens (tertiary/aromatic N) is 2. The minimum absolute atomic E-state index is 0.0912. The van der Waals surface area contributed by atoms with Gasteiger partial charge in [0, 0.05) is 24.3 Å².